The van der Waals surface area contributed by atoms with Crippen LogP contribution < -0.4 is 5.32 Å². The Balaban J connectivity index is 2.29. The number of aromatic nitrogens is 2. The summed E-state index contributed by atoms with van der Waals surface area (Å²) in [6, 6.07) is 2.45. The van der Waals surface area contributed by atoms with Crippen LogP contribution in [0.2, 0.25) is 5.02 Å². The molecule has 0 spiro atoms. The molecule has 1 N–H and O–H groups in total. The predicted molar refractivity (Wildman–Crippen MR) is 82.1 cm³/mol. The first kappa shape index (κ1) is 14.6. The van der Waals surface area contributed by atoms with E-state index in [2.05, 4.69) is 41.1 Å². The molecule has 2 rings (SSSR count). The van der Waals surface area contributed by atoms with E-state index in [1.807, 2.05) is 11.7 Å². The summed E-state index contributed by atoms with van der Waals surface area (Å²) >= 11 is 8.18. The van der Waals surface area contributed by atoms with Gasteiger partial charge < -0.3 is 5.32 Å². The summed E-state index contributed by atoms with van der Waals surface area (Å²) in [5.74, 6) is 0. The molecule has 0 amide bonds. The van der Waals surface area contributed by atoms with E-state index in [0.717, 1.165) is 35.8 Å². The maximum absolute atomic E-state index is 6.46. The quantitative estimate of drug-likeness (QED) is 0.881. The number of nitrogens with one attached hydrogen (secondary N) is 1. The predicted octanol–water partition coefficient (Wildman–Crippen LogP) is 3.68. The Labute approximate surface area is 123 Å². The number of thiophene rings is 1. The summed E-state index contributed by atoms with van der Waals surface area (Å²) < 4.78 is 2.03. The Morgan fingerprint density at radius 2 is 2.26 bits per heavy atom. The zero-order chi connectivity index (χ0) is 13.8. The number of hydrogen-bond acceptors (Lipinski definition) is 3. The Morgan fingerprint density at radius 1 is 1.47 bits per heavy atom. The van der Waals surface area contributed by atoms with E-state index in [0.29, 0.717) is 0 Å². The third-order valence-corrected chi connectivity index (χ3v) is 4.52. The average molecular weight is 298 g/mol. The van der Waals surface area contributed by atoms with Crippen molar-refractivity contribution < 1.29 is 0 Å². The van der Waals surface area contributed by atoms with Gasteiger partial charge in [0.25, 0.3) is 0 Å². The first-order valence-electron chi connectivity index (χ1n) is 6.64. The van der Waals surface area contributed by atoms with Crippen LogP contribution in [-0.2, 0) is 19.4 Å². The lowest BCUT2D eigenvalue weighted by atomic mass is 10.0. The van der Waals surface area contributed by atoms with E-state index in [1.54, 1.807) is 11.3 Å². The lowest BCUT2D eigenvalue weighted by Crippen LogP contribution is -2.20. The summed E-state index contributed by atoms with van der Waals surface area (Å²) in [7, 11) is 1.99. The summed E-state index contributed by atoms with van der Waals surface area (Å²) in [5.41, 5.74) is 3.44. The third kappa shape index (κ3) is 3.02. The Kier molecular flexibility index (Phi) is 5.02. The van der Waals surface area contributed by atoms with Crippen molar-refractivity contribution in [1.29, 1.82) is 0 Å². The molecule has 0 radical (unpaired) electrons. The van der Waals surface area contributed by atoms with Crippen molar-refractivity contribution in [3.05, 3.63) is 38.8 Å². The van der Waals surface area contributed by atoms with Gasteiger partial charge >= 0.3 is 0 Å². The number of aryl methyl sites for hydroxylation is 2. The van der Waals surface area contributed by atoms with Gasteiger partial charge in [0.15, 0.2) is 0 Å². The Bertz CT molecular complexity index is 519. The van der Waals surface area contributed by atoms with Gasteiger partial charge in [-0.3, -0.25) is 4.68 Å². The monoisotopic (exact) mass is 297 g/mol. The number of nitrogens with zero attached hydrogens (tertiary/aromatic N) is 2. The van der Waals surface area contributed by atoms with Crippen LogP contribution in [0.4, 0.5) is 0 Å². The molecular weight excluding hydrogens is 278 g/mol. The maximum Gasteiger partial charge on any atom is 0.0850 e. The van der Waals surface area contributed by atoms with E-state index in [1.165, 1.54) is 5.56 Å². The van der Waals surface area contributed by atoms with Gasteiger partial charge in [0.05, 0.1) is 16.4 Å². The number of halogens is 1. The minimum atomic E-state index is 0.287. The lowest BCUT2D eigenvalue weighted by molar-refractivity contribution is 0.541. The van der Waals surface area contributed by atoms with E-state index >= 15 is 0 Å². The summed E-state index contributed by atoms with van der Waals surface area (Å²) in [4.78, 5) is 0. The van der Waals surface area contributed by atoms with Crippen LogP contribution in [0.1, 0.15) is 36.8 Å². The highest BCUT2D eigenvalue weighted by Crippen LogP contribution is 2.27. The topological polar surface area (TPSA) is 29.9 Å². The average Bonchev–Trinajstić information content (AvgIpc) is 3.04. The summed E-state index contributed by atoms with van der Waals surface area (Å²) in [6.45, 7) is 5.05. The molecule has 0 aliphatic rings. The standard InChI is InChI=1S/C14H20ClN3S/c1-4-11-14(15)13(18(5-2)17-11)8-12(16-3)10-6-7-19-9-10/h6-7,9,12,16H,4-5,8H2,1-3H3. The fraction of sp³-hybridized carbons (Fsp3) is 0.500. The number of rotatable bonds is 6. The Morgan fingerprint density at radius 3 is 2.79 bits per heavy atom. The zero-order valence-electron chi connectivity index (χ0n) is 11.6. The van der Waals surface area contributed by atoms with Crippen molar-refractivity contribution >= 4 is 22.9 Å². The Hall–Kier alpha value is -0.840. The molecule has 3 nitrogen and oxygen atoms in total. The molecule has 0 aliphatic carbocycles. The molecule has 1 unspecified atom stereocenters. The molecule has 0 aromatic carbocycles. The van der Waals surface area contributed by atoms with Crippen LogP contribution in [0.3, 0.4) is 0 Å². The van der Waals surface area contributed by atoms with E-state index < -0.39 is 0 Å². The molecule has 1 atom stereocenters. The summed E-state index contributed by atoms with van der Waals surface area (Å²) in [5, 5.41) is 13.1. The van der Waals surface area contributed by atoms with Gasteiger partial charge in [-0.25, -0.2) is 0 Å². The normalized spacial score (nSPS) is 12.8. The van der Waals surface area contributed by atoms with Crippen LogP contribution in [0.25, 0.3) is 0 Å². The molecular formula is C14H20ClN3S. The van der Waals surface area contributed by atoms with E-state index in [4.69, 9.17) is 11.6 Å². The van der Waals surface area contributed by atoms with Gasteiger partial charge in [-0.15, -0.1) is 0 Å². The van der Waals surface area contributed by atoms with Crippen LogP contribution in [-0.4, -0.2) is 16.8 Å². The maximum atomic E-state index is 6.46. The van der Waals surface area contributed by atoms with E-state index in [9.17, 15) is 0 Å². The van der Waals surface area contributed by atoms with Crippen LogP contribution in [0.15, 0.2) is 16.8 Å². The number of hydrogen-bond donors (Lipinski definition) is 1. The summed E-state index contributed by atoms with van der Waals surface area (Å²) in [6.07, 6.45) is 1.74. The molecule has 0 saturated carbocycles. The van der Waals surface area contributed by atoms with Crippen molar-refractivity contribution in [2.45, 2.75) is 39.3 Å². The zero-order valence-corrected chi connectivity index (χ0v) is 13.2. The molecule has 0 bridgehead atoms. The van der Waals surface area contributed by atoms with E-state index in [-0.39, 0.29) is 6.04 Å². The highest BCUT2D eigenvalue weighted by Gasteiger charge is 2.19. The SMILES string of the molecule is CCc1nn(CC)c(CC(NC)c2ccsc2)c1Cl. The number of likely N-dealkylation sites (N-methyl/N-ethyl adjacent to an activating group) is 1. The minimum absolute atomic E-state index is 0.287. The van der Waals surface area contributed by atoms with Gasteiger partial charge in [-0.05, 0) is 42.8 Å². The van der Waals surface area contributed by atoms with Crippen LogP contribution >= 0.6 is 22.9 Å². The molecule has 5 heteroatoms. The van der Waals surface area contributed by atoms with Crippen molar-refractivity contribution in [2.24, 2.45) is 0 Å². The van der Waals surface area contributed by atoms with Crippen molar-refractivity contribution in [2.75, 3.05) is 7.05 Å². The minimum Gasteiger partial charge on any atom is -0.313 e. The molecule has 2 aromatic heterocycles. The second-order valence-corrected chi connectivity index (χ2v) is 5.64. The molecule has 2 heterocycles. The molecule has 2 aromatic rings. The fourth-order valence-corrected chi connectivity index (χ4v) is 3.33. The largest absolute Gasteiger partial charge is 0.313 e. The second-order valence-electron chi connectivity index (χ2n) is 4.48. The third-order valence-electron chi connectivity index (χ3n) is 3.39. The smallest absolute Gasteiger partial charge is 0.0850 e. The van der Waals surface area contributed by atoms with Gasteiger partial charge in [0.1, 0.15) is 0 Å². The lowest BCUT2D eigenvalue weighted by Gasteiger charge is -2.16. The highest BCUT2D eigenvalue weighted by molar-refractivity contribution is 7.07. The molecule has 0 fully saturated rings. The highest BCUT2D eigenvalue weighted by atomic mass is 35.5. The van der Waals surface area contributed by atoms with Gasteiger partial charge in [-0.2, -0.15) is 16.4 Å². The van der Waals surface area contributed by atoms with Crippen molar-refractivity contribution in [1.82, 2.24) is 15.1 Å². The molecule has 19 heavy (non-hydrogen) atoms. The van der Waals surface area contributed by atoms with Crippen LogP contribution in [0, 0.1) is 0 Å². The van der Waals surface area contributed by atoms with Crippen molar-refractivity contribution in [3.8, 4) is 0 Å². The molecule has 104 valence electrons. The first-order valence-corrected chi connectivity index (χ1v) is 7.96. The molecule has 0 aliphatic heterocycles. The van der Waals surface area contributed by atoms with Gasteiger partial charge in [0.2, 0.25) is 0 Å². The van der Waals surface area contributed by atoms with Crippen LogP contribution in [0.5, 0.6) is 0 Å². The van der Waals surface area contributed by atoms with Gasteiger partial charge in [-0.1, -0.05) is 18.5 Å². The second kappa shape index (κ2) is 6.55. The van der Waals surface area contributed by atoms with Crippen molar-refractivity contribution in [3.63, 3.8) is 0 Å². The first-order chi connectivity index (χ1) is 9.21. The molecule has 0 saturated heterocycles. The fourth-order valence-electron chi connectivity index (χ4n) is 2.27. The van der Waals surface area contributed by atoms with Gasteiger partial charge in [0, 0.05) is 19.0 Å².